The standard InChI is InChI=1S/C15H22N4O3/c1-2-17-13(20)11-4-3-5-12(8-11)19-14(21)18-10-15(22)6-7-16-9-15/h3-5,8,16,22H,2,6-7,9-10H2,1H3,(H,17,20)(H2,18,19,21)/t15-/m1/s1. The smallest absolute Gasteiger partial charge is 0.319 e. The van der Waals surface area contributed by atoms with Gasteiger partial charge in [0, 0.05) is 30.9 Å². The molecule has 3 amide bonds. The van der Waals surface area contributed by atoms with Crippen molar-refractivity contribution in [1.82, 2.24) is 16.0 Å². The van der Waals surface area contributed by atoms with Crippen LogP contribution in [0.25, 0.3) is 0 Å². The molecule has 1 fully saturated rings. The SMILES string of the molecule is CCNC(=O)c1cccc(NC(=O)NC[C@@]2(O)CCNC2)c1. The molecule has 7 nitrogen and oxygen atoms in total. The molecule has 5 N–H and O–H groups in total. The first-order chi connectivity index (χ1) is 10.5. The summed E-state index contributed by atoms with van der Waals surface area (Å²) in [5.74, 6) is -0.183. The highest BCUT2D eigenvalue weighted by Crippen LogP contribution is 2.13. The van der Waals surface area contributed by atoms with Gasteiger partial charge in [0.25, 0.3) is 5.91 Å². The van der Waals surface area contributed by atoms with E-state index in [0.29, 0.717) is 30.8 Å². The van der Waals surface area contributed by atoms with Crippen LogP contribution in [-0.4, -0.2) is 48.8 Å². The predicted molar refractivity (Wildman–Crippen MR) is 83.9 cm³/mol. The van der Waals surface area contributed by atoms with Crippen molar-refractivity contribution in [3.8, 4) is 0 Å². The van der Waals surface area contributed by atoms with Crippen LogP contribution in [0.4, 0.5) is 10.5 Å². The third kappa shape index (κ3) is 4.44. The maximum Gasteiger partial charge on any atom is 0.319 e. The summed E-state index contributed by atoms with van der Waals surface area (Å²) in [5, 5.41) is 21.2. The molecule has 22 heavy (non-hydrogen) atoms. The van der Waals surface area contributed by atoms with Crippen molar-refractivity contribution in [2.45, 2.75) is 18.9 Å². The minimum Gasteiger partial charge on any atom is -0.387 e. The van der Waals surface area contributed by atoms with Gasteiger partial charge in [-0.2, -0.15) is 0 Å². The van der Waals surface area contributed by atoms with Gasteiger partial charge in [-0.05, 0) is 38.1 Å². The van der Waals surface area contributed by atoms with E-state index in [1.807, 2.05) is 6.92 Å². The lowest BCUT2D eigenvalue weighted by Crippen LogP contribution is -2.45. The molecule has 1 heterocycles. The Morgan fingerprint density at radius 2 is 2.18 bits per heavy atom. The molecule has 1 aliphatic rings. The Balaban J connectivity index is 1.88. The maximum atomic E-state index is 11.9. The monoisotopic (exact) mass is 306 g/mol. The number of hydrogen-bond acceptors (Lipinski definition) is 4. The van der Waals surface area contributed by atoms with Gasteiger partial charge in [0.05, 0.1) is 5.60 Å². The lowest BCUT2D eigenvalue weighted by atomic mass is 10.0. The van der Waals surface area contributed by atoms with Crippen LogP contribution in [0.1, 0.15) is 23.7 Å². The number of carbonyl (C=O) groups excluding carboxylic acids is 2. The number of anilines is 1. The van der Waals surface area contributed by atoms with Crippen molar-refractivity contribution >= 4 is 17.6 Å². The topological polar surface area (TPSA) is 102 Å². The molecule has 120 valence electrons. The van der Waals surface area contributed by atoms with E-state index in [-0.39, 0.29) is 12.5 Å². The van der Waals surface area contributed by atoms with Crippen molar-refractivity contribution in [2.75, 3.05) is 31.5 Å². The van der Waals surface area contributed by atoms with Gasteiger partial charge in [0.1, 0.15) is 0 Å². The molecule has 2 rings (SSSR count). The Hall–Kier alpha value is -2.12. The van der Waals surface area contributed by atoms with Crippen LogP contribution >= 0.6 is 0 Å². The first-order valence-electron chi connectivity index (χ1n) is 7.39. The molecule has 1 aromatic carbocycles. The van der Waals surface area contributed by atoms with E-state index in [4.69, 9.17) is 0 Å². The fourth-order valence-corrected chi connectivity index (χ4v) is 2.30. The molecule has 1 aromatic rings. The number of hydrogen-bond donors (Lipinski definition) is 5. The number of nitrogens with one attached hydrogen (secondary N) is 4. The molecule has 0 bridgehead atoms. The maximum absolute atomic E-state index is 11.9. The first kappa shape index (κ1) is 16.3. The quantitative estimate of drug-likeness (QED) is 0.539. The van der Waals surface area contributed by atoms with E-state index in [1.54, 1.807) is 24.3 Å². The van der Waals surface area contributed by atoms with Gasteiger partial charge in [0.2, 0.25) is 0 Å². The average Bonchev–Trinajstić information content (AvgIpc) is 2.93. The summed E-state index contributed by atoms with van der Waals surface area (Å²) in [6, 6.07) is 6.29. The lowest BCUT2D eigenvalue weighted by molar-refractivity contribution is 0.0640. The van der Waals surface area contributed by atoms with Crippen LogP contribution in [-0.2, 0) is 0 Å². The Morgan fingerprint density at radius 3 is 2.86 bits per heavy atom. The summed E-state index contributed by atoms with van der Waals surface area (Å²) in [6.07, 6.45) is 0.611. The summed E-state index contributed by atoms with van der Waals surface area (Å²) in [7, 11) is 0. The van der Waals surface area contributed by atoms with Crippen LogP contribution in [0.5, 0.6) is 0 Å². The van der Waals surface area contributed by atoms with E-state index in [0.717, 1.165) is 6.54 Å². The summed E-state index contributed by atoms with van der Waals surface area (Å²) in [6.45, 7) is 3.79. The number of carbonyl (C=O) groups is 2. The van der Waals surface area contributed by atoms with Crippen molar-refractivity contribution in [3.05, 3.63) is 29.8 Å². The largest absolute Gasteiger partial charge is 0.387 e. The number of aliphatic hydroxyl groups is 1. The Labute approximate surface area is 129 Å². The van der Waals surface area contributed by atoms with Gasteiger partial charge >= 0.3 is 6.03 Å². The molecular weight excluding hydrogens is 284 g/mol. The molecule has 1 aliphatic heterocycles. The number of benzene rings is 1. The molecule has 0 unspecified atom stereocenters. The van der Waals surface area contributed by atoms with E-state index < -0.39 is 11.6 Å². The highest BCUT2D eigenvalue weighted by atomic mass is 16.3. The first-order valence-corrected chi connectivity index (χ1v) is 7.39. The molecule has 1 saturated heterocycles. The fraction of sp³-hybridized carbons (Fsp3) is 0.467. The zero-order valence-corrected chi connectivity index (χ0v) is 12.6. The number of urea groups is 1. The predicted octanol–water partition coefficient (Wildman–Crippen LogP) is 0.282. The third-order valence-corrected chi connectivity index (χ3v) is 3.52. The van der Waals surface area contributed by atoms with Crippen molar-refractivity contribution in [2.24, 2.45) is 0 Å². The van der Waals surface area contributed by atoms with Gasteiger partial charge in [-0.15, -0.1) is 0 Å². The summed E-state index contributed by atoms with van der Waals surface area (Å²) in [4.78, 5) is 23.6. The van der Waals surface area contributed by atoms with Crippen molar-refractivity contribution < 1.29 is 14.7 Å². The lowest BCUT2D eigenvalue weighted by Gasteiger charge is -2.21. The second kappa shape index (κ2) is 7.24. The van der Waals surface area contributed by atoms with Crippen molar-refractivity contribution in [1.29, 1.82) is 0 Å². The van der Waals surface area contributed by atoms with Crippen molar-refractivity contribution in [3.63, 3.8) is 0 Å². The van der Waals surface area contributed by atoms with Crippen LogP contribution in [0.15, 0.2) is 24.3 Å². The minimum atomic E-state index is -0.889. The third-order valence-electron chi connectivity index (χ3n) is 3.52. The zero-order valence-electron chi connectivity index (χ0n) is 12.6. The molecule has 0 radical (unpaired) electrons. The van der Waals surface area contributed by atoms with Crippen LogP contribution < -0.4 is 21.3 Å². The summed E-state index contributed by atoms with van der Waals surface area (Å²) in [5.41, 5.74) is 0.122. The highest BCUT2D eigenvalue weighted by Gasteiger charge is 2.31. The number of amides is 3. The van der Waals surface area contributed by atoms with Crippen LogP contribution in [0.2, 0.25) is 0 Å². The molecular formula is C15H22N4O3. The average molecular weight is 306 g/mol. The van der Waals surface area contributed by atoms with Crippen LogP contribution in [0.3, 0.4) is 0 Å². The zero-order chi connectivity index (χ0) is 16.0. The number of β-amino-alcohol motifs (C(OH)–C–C–N with tert-alkyl or cyclic N) is 1. The Kier molecular flexibility index (Phi) is 5.35. The van der Waals surface area contributed by atoms with E-state index in [1.165, 1.54) is 0 Å². The molecule has 0 saturated carbocycles. The minimum absolute atomic E-state index is 0.182. The fourth-order valence-electron chi connectivity index (χ4n) is 2.30. The summed E-state index contributed by atoms with van der Waals surface area (Å²) >= 11 is 0. The highest BCUT2D eigenvalue weighted by molar-refractivity contribution is 5.96. The number of rotatable bonds is 5. The van der Waals surface area contributed by atoms with Crippen LogP contribution in [0, 0.1) is 0 Å². The van der Waals surface area contributed by atoms with Gasteiger partial charge in [-0.25, -0.2) is 4.79 Å². The normalized spacial score (nSPS) is 20.5. The van der Waals surface area contributed by atoms with E-state index >= 15 is 0 Å². The van der Waals surface area contributed by atoms with Gasteiger partial charge in [-0.3, -0.25) is 4.79 Å². The second-order valence-electron chi connectivity index (χ2n) is 5.40. The molecule has 0 spiro atoms. The van der Waals surface area contributed by atoms with E-state index in [9.17, 15) is 14.7 Å². The van der Waals surface area contributed by atoms with Gasteiger partial charge in [0.15, 0.2) is 0 Å². The summed E-state index contributed by atoms with van der Waals surface area (Å²) < 4.78 is 0. The van der Waals surface area contributed by atoms with E-state index in [2.05, 4.69) is 21.3 Å². The molecule has 7 heteroatoms. The Bertz CT molecular complexity index is 541. The molecule has 0 aliphatic carbocycles. The second-order valence-corrected chi connectivity index (χ2v) is 5.40. The Morgan fingerprint density at radius 1 is 1.36 bits per heavy atom. The van der Waals surface area contributed by atoms with Gasteiger partial charge in [-0.1, -0.05) is 6.07 Å². The molecule has 1 atom stereocenters. The molecule has 0 aromatic heterocycles. The van der Waals surface area contributed by atoms with Gasteiger partial charge < -0.3 is 26.4 Å².